The predicted molar refractivity (Wildman–Crippen MR) is 110 cm³/mol. The molecule has 1 aromatic carbocycles. The van der Waals surface area contributed by atoms with E-state index in [4.69, 9.17) is 26.8 Å². The van der Waals surface area contributed by atoms with E-state index in [0.717, 1.165) is 11.8 Å². The van der Waals surface area contributed by atoms with E-state index in [-0.39, 0.29) is 34.4 Å². The van der Waals surface area contributed by atoms with Crippen LogP contribution in [-0.2, 0) is 9.36 Å². The number of rotatable bonds is 7. The first kappa shape index (κ1) is 21.4. The number of nitrogens with two attached hydrogens (primary N) is 1. The van der Waals surface area contributed by atoms with Gasteiger partial charge in [0.2, 0.25) is 5.91 Å². The lowest BCUT2D eigenvalue weighted by atomic mass is 10.3. The minimum Gasteiger partial charge on any atom is -0.493 e. The summed E-state index contributed by atoms with van der Waals surface area (Å²) in [6.07, 6.45) is 1.44. The molecule has 3 rings (SSSR count). The van der Waals surface area contributed by atoms with Crippen molar-refractivity contribution in [2.45, 2.75) is 5.16 Å². The van der Waals surface area contributed by atoms with Crippen molar-refractivity contribution in [2.75, 3.05) is 23.9 Å². The predicted octanol–water partition coefficient (Wildman–Crippen LogP) is 2.30. The van der Waals surface area contributed by atoms with Crippen LogP contribution in [0.25, 0.3) is 15.9 Å². The number of phosphoric acid groups is 1. The van der Waals surface area contributed by atoms with E-state index in [1.54, 1.807) is 0 Å². The van der Waals surface area contributed by atoms with Crippen LogP contribution in [0.15, 0.2) is 29.6 Å². The zero-order valence-electron chi connectivity index (χ0n) is 15.3. The quantitative estimate of drug-likeness (QED) is 0.204. The van der Waals surface area contributed by atoms with Gasteiger partial charge in [-0.1, -0.05) is 18.3 Å². The highest BCUT2D eigenvalue weighted by molar-refractivity contribution is 7.99. The Morgan fingerprint density at radius 1 is 1.43 bits per heavy atom. The van der Waals surface area contributed by atoms with E-state index in [9.17, 15) is 9.36 Å². The average molecular weight is 450 g/mol. The molecule has 1 amide bonds. The summed E-state index contributed by atoms with van der Waals surface area (Å²) < 4.78 is 20.6. The summed E-state index contributed by atoms with van der Waals surface area (Å²) in [4.78, 5) is 44.6. The molecule has 3 aromatic rings. The number of nitrogens with zero attached hydrogens (tertiary/aromatic N) is 3. The van der Waals surface area contributed by atoms with Gasteiger partial charge < -0.3 is 30.1 Å². The van der Waals surface area contributed by atoms with Crippen LogP contribution in [0.4, 0.5) is 17.2 Å². The topological polar surface area (TPSA) is 177 Å². The maximum absolute atomic E-state index is 12.2. The zero-order chi connectivity index (χ0) is 21.9. The smallest absolute Gasteiger partial charge is 0.493 e. The Kier molecular flexibility index (Phi) is 6.14. The molecule has 0 saturated heterocycles. The Hall–Kier alpha value is -3.30. The number of thioether (sulfide) groups is 1. The van der Waals surface area contributed by atoms with E-state index in [1.165, 1.54) is 31.5 Å². The van der Waals surface area contributed by atoms with Gasteiger partial charge in [-0.05, 0) is 12.1 Å². The Morgan fingerprint density at radius 3 is 2.87 bits per heavy atom. The number of phosphoric ester groups is 1. The minimum atomic E-state index is -4.80. The SMILES string of the molecule is [C-]#[N+]c1ncc2[nH]c(SCC(=O)Nc3ccc(OC)c(OP(=O)(O)O)c3)nc2c1N. The van der Waals surface area contributed by atoms with E-state index in [1.807, 2.05) is 0 Å². The first-order valence-corrected chi connectivity index (χ1v) is 10.6. The maximum atomic E-state index is 12.2. The molecular formula is C16H15N6O6PS. The molecule has 14 heteroatoms. The molecule has 0 aliphatic heterocycles. The molecule has 0 bridgehead atoms. The zero-order valence-corrected chi connectivity index (χ0v) is 17.0. The summed E-state index contributed by atoms with van der Waals surface area (Å²) in [5, 5.41) is 3.00. The van der Waals surface area contributed by atoms with Gasteiger partial charge in [-0.15, -0.1) is 4.98 Å². The summed E-state index contributed by atoms with van der Waals surface area (Å²) in [6, 6.07) is 4.13. The van der Waals surface area contributed by atoms with Crippen molar-refractivity contribution in [1.82, 2.24) is 15.0 Å². The molecule has 0 radical (unpaired) electrons. The molecule has 2 heterocycles. The third-order valence-electron chi connectivity index (χ3n) is 3.63. The van der Waals surface area contributed by atoms with E-state index in [0.29, 0.717) is 16.2 Å². The van der Waals surface area contributed by atoms with Crippen molar-refractivity contribution in [2.24, 2.45) is 0 Å². The number of H-pyrrole nitrogens is 1. The Labute approximate surface area is 173 Å². The fourth-order valence-electron chi connectivity index (χ4n) is 2.41. The number of pyridine rings is 1. The number of hydrogen-bond acceptors (Lipinski definition) is 8. The number of carbonyl (C=O) groups is 1. The summed E-state index contributed by atoms with van der Waals surface area (Å²) in [7, 11) is -3.49. The van der Waals surface area contributed by atoms with Crippen molar-refractivity contribution in [3.63, 3.8) is 0 Å². The van der Waals surface area contributed by atoms with Crippen molar-refractivity contribution in [3.05, 3.63) is 35.8 Å². The van der Waals surface area contributed by atoms with Crippen molar-refractivity contribution in [1.29, 1.82) is 0 Å². The van der Waals surface area contributed by atoms with Gasteiger partial charge in [0.25, 0.3) is 5.82 Å². The number of anilines is 2. The lowest BCUT2D eigenvalue weighted by Gasteiger charge is -2.13. The average Bonchev–Trinajstić information content (AvgIpc) is 3.10. The molecule has 2 aromatic heterocycles. The lowest BCUT2D eigenvalue weighted by Crippen LogP contribution is -2.14. The number of carbonyl (C=O) groups excluding carboxylic acids is 1. The first-order valence-electron chi connectivity index (χ1n) is 8.07. The number of amides is 1. The lowest BCUT2D eigenvalue weighted by molar-refractivity contribution is -0.113. The van der Waals surface area contributed by atoms with Gasteiger partial charge in [0.05, 0.1) is 18.6 Å². The highest BCUT2D eigenvalue weighted by atomic mass is 32.2. The van der Waals surface area contributed by atoms with Gasteiger partial charge in [0, 0.05) is 11.8 Å². The molecule has 0 saturated carbocycles. The van der Waals surface area contributed by atoms with Crippen LogP contribution in [0.5, 0.6) is 11.5 Å². The number of aromatic nitrogens is 3. The number of methoxy groups -OCH3 is 1. The number of aromatic amines is 1. The van der Waals surface area contributed by atoms with Crippen LogP contribution < -0.4 is 20.3 Å². The van der Waals surface area contributed by atoms with Gasteiger partial charge in [-0.2, -0.15) is 0 Å². The molecule has 0 aliphatic carbocycles. The van der Waals surface area contributed by atoms with Crippen molar-refractivity contribution in [3.8, 4) is 11.5 Å². The number of benzene rings is 1. The highest BCUT2D eigenvalue weighted by Crippen LogP contribution is 2.43. The highest BCUT2D eigenvalue weighted by Gasteiger charge is 2.20. The van der Waals surface area contributed by atoms with Crippen LogP contribution in [-0.4, -0.2) is 43.5 Å². The largest absolute Gasteiger partial charge is 0.524 e. The van der Waals surface area contributed by atoms with E-state index in [2.05, 4.69) is 29.6 Å². The summed E-state index contributed by atoms with van der Waals surface area (Å²) in [5.74, 6) is -0.495. The minimum absolute atomic E-state index is 0.0243. The second-order valence-electron chi connectivity index (χ2n) is 5.70. The van der Waals surface area contributed by atoms with Crippen molar-refractivity contribution >= 4 is 53.7 Å². The van der Waals surface area contributed by atoms with E-state index >= 15 is 0 Å². The van der Waals surface area contributed by atoms with Gasteiger partial charge in [-0.3, -0.25) is 14.6 Å². The summed E-state index contributed by atoms with van der Waals surface area (Å²) >= 11 is 1.10. The maximum Gasteiger partial charge on any atom is 0.524 e. The van der Waals surface area contributed by atoms with Gasteiger partial charge in [-0.25, -0.2) is 9.55 Å². The number of hydrogen-bond donors (Lipinski definition) is 5. The van der Waals surface area contributed by atoms with Gasteiger partial charge in [0.15, 0.2) is 16.7 Å². The molecule has 0 unspecified atom stereocenters. The normalized spacial score (nSPS) is 11.1. The molecule has 156 valence electrons. The number of fused-ring (bicyclic) bond motifs is 1. The van der Waals surface area contributed by atoms with Gasteiger partial charge in [0.1, 0.15) is 17.2 Å². The Morgan fingerprint density at radius 2 is 2.20 bits per heavy atom. The molecule has 12 nitrogen and oxygen atoms in total. The number of nitrogen functional groups attached to an aromatic ring is 1. The third-order valence-corrected chi connectivity index (χ3v) is 4.94. The first-order chi connectivity index (χ1) is 14.2. The van der Waals surface area contributed by atoms with Crippen LogP contribution >= 0.6 is 19.6 Å². The standard InChI is InChI=1S/C16H15N6O6PS/c1-18-15-13(17)14-9(6-19-15)21-16(22-14)30-7-12(23)20-8-3-4-10(27-2)11(5-8)28-29(24,25)26/h3-6H,7,17H2,2H3,(H,20,23)(H,21,22)(H2,24,25,26). The molecule has 30 heavy (non-hydrogen) atoms. The van der Waals surface area contributed by atoms with Crippen LogP contribution in [0.3, 0.4) is 0 Å². The monoisotopic (exact) mass is 450 g/mol. The van der Waals surface area contributed by atoms with Crippen molar-refractivity contribution < 1.29 is 28.4 Å². The van der Waals surface area contributed by atoms with Crippen LogP contribution in [0.2, 0.25) is 0 Å². The molecule has 6 N–H and O–H groups in total. The van der Waals surface area contributed by atoms with Crippen LogP contribution in [0.1, 0.15) is 0 Å². The van der Waals surface area contributed by atoms with Crippen LogP contribution in [0, 0.1) is 6.57 Å². The number of ether oxygens (including phenoxy) is 1. The molecular weight excluding hydrogens is 435 g/mol. The third kappa shape index (κ3) is 5.00. The molecule has 0 atom stereocenters. The number of nitrogens with one attached hydrogen (secondary N) is 2. The summed E-state index contributed by atoms with van der Waals surface area (Å²) in [6.45, 7) is 7.03. The molecule has 0 fully saturated rings. The van der Waals surface area contributed by atoms with Gasteiger partial charge >= 0.3 is 7.82 Å². The Balaban J connectivity index is 1.68. The fourth-order valence-corrected chi connectivity index (χ4v) is 3.48. The second kappa shape index (κ2) is 8.60. The van der Waals surface area contributed by atoms with E-state index < -0.39 is 13.7 Å². The fraction of sp³-hybridized carbons (Fsp3) is 0.125. The number of imidazole rings is 1. The second-order valence-corrected chi connectivity index (χ2v) is 7.82. The molecule has 0 spiro atoms. The summed E-state index contributed by atoms with van der Waals surface area (Å²) in [5.41, 5.74) is 7.21. The molecule has 0 aliphatic rings. The Bertz CT molecular complexity index is 1200.